The van der Waals surface area contributed by atoms with E-state index in [1.807, 2.05) is 0 Å². The normalized spacial score (nSPS) is 20.4. The molecule has 1 aromatic heterocycles. The number of pyridine rings is 1. The van der Waals surface area contributed by atoms with Gasteiger partial charge in [-0.15, -0.1) is 0 Å². The molecule has 98 valence electrons. The second-order valence-electron chi connectivity index (χ2n) is 6.01. The first kappa shape index (κ1) is 12.8. The van der Waals surface area contributed by atoms with E-state index >= 15 is 0 Å². The quantitative estimate of drug-likeness (QED) is 0.657. The Balaban J connectivity index is 2.07. The minimum absolute atomic E-state index is 0.0359. The van der Waals surface area contributed by atoms with Crippen LogP contribution in [0.25, 0.3) is 0 Å². The highest BCUT2D eigenvalue weighted by Gasteiger charge is 2.64. The van der Waals surface area contributed by atoms with Gasteiger partial charge in [0, 0.05) is 18.8 Å². The zero-order valence-electron chi connectivity index (χ0n) is 11.2. The molecular formula is C13H19N3O2. The maximum Gasteiger partial charge on any atom is 0.311 e. The second-order valence-corrected chi connectivity index (χ2v) is 6.01. The molecule has 18 heavy (non-hydrogen) atoms. The lowest BCUT2D eigenvalue weighted by Crippen LogP contribution is -2.10. The van der Waals surface area contributed by atoms with Crippen molar-refractivity contribution in [2.45, 2.75) is 27.7 Å². The van der Waals surface area contributed by atoms with Gasteiger partial charge < -0.3 is 5.32 Å². The van der Waals surface area contributed by atoms with Crippen molar-refractivity contribution in [3.63, 3.8) is 0 Å². The van der Waals surface area contributed by atoms with Gasteiger partial charge in [0.15, 0.2) is 0 Å². The molecule has 1 aliphatic carbocycles. The summed E-state index contributed by atoms with van der Waals surface area (Å²) in [5.41, 5.74) is 0.571. The predicted octanol–water partition coefficient (Wildman–Crippen LogP) is 3.08. The summed E-state index contributed by atoms with van der Waals surface area (Å²) >= 11 is 0. The molecule has 0 unspecified atom stereocenters. The van der Waals surface area contributed by atoms with Gasteiger partial charge in [-0.2, -0.15) is 0 Å². The predicted molar refractivity (Wildman–Crippen MR) is 70.4 cm³/mol. The lowest BCUT2D eigenvalue weighted by Gasteiger charge is -2.06. The first-order valence-electron chi connectivity index (χ1n) is 6.12. The molecule has 1 heterocycles. The van der Waals surface area contributed by atoms with Crippen LogP contribution in [0.1, 0.15) is 27.7 Å². The van der Waals surface area contributed by atoms with E-state index in [0.717, 1.165) is 6.54 Å². The summed E-state index contributed by atoms with van der Waals surface area (Å²) in [7, 11) is 0. The first-order chi connectivity index (χ1) is 8.28. The molecule has 2 rings (SSSR count). The van der Waals surface area contributed by atoms with Gasteiger partial charge in [0.2, 0.25) is 5.82 Å². The summed E-state index contributed by atoms with van der Waals surface area (Å²) in [5.74, 6) is 0.868. The maximum atomic E-state index is 10.9. The zero-order chi connectivity index (χ0) is 13.6. The van der Waals surface area contributed by atoms with Crippen LogP contribution in [0.2, 0.25) is 0 Å². The summed E-state index contributed by atoms with van der Waals surface area (Å²) in [6, 6.07) is 3.05. The van der Waals surface area contributed by atoms with E-state index < -0.39 is 4.92 Å². The van der Waals surface area contributed by atoms with Crippen molar-refractivity contribution in [3.8, 4) is 0 Å². The first-order valence-corrected chi connectivity index (χ1v) is 6.12. The summed E-state index contributed by atoms with van der Waals surface area (Å²) in [6.07, 6.45) is 1.57. The molecule has 0 spiro atoms. The fourth-order valence-electron chi connectivity index (χ4n) is 2.72. The molecule has 0 amide bonds. The van der Waals surface area contributed by atoms with Crippen LogP contribution >= 0.6 is 0 Å². The van der Waals surface area contributed by atoms with Crippen molar-refractivity contribution in [2.24, 2.45) is 16.7 Å². The highest BCUT2D eigenvalue weighted by atomic mass is 16.6. The Morgan fingerprint density at radius 2 is 2.00 bits per heavy atom. The lowest BCUT2D eigenvalue weighted by atomic mass is 10.0. The molecule has 0 aromatic carbocycles. The largest absolute Gasteiger partial charge is 0.364 e. The second kappa shape index (κ2) is 3.93. The van der Waals surface area contributed by atoms with Gasteiger partial charge in [0.05, 0.1) is 4.92 Å². The molecule has 1 fully saturated rings. The van der Waals surface area contributed by atoms with E-state index in [0.29, 0.717) is 11.7 Å². The van der Waals surface area contributed by atoms with E-state index in [-0.39, 0.29) is 16.5 Å². The van der Waals surface area contributed by atoms with E-state index in [1.165, 1.54) is 6.07 Å². The summed E-state index contributed by atoms with van der Waals surface area (Å²) < 4.78 is 0. The molecule has 0 bridgehead atoms. The highest BCUT2D eigenvalue weighted by Crippen LogP contribution is 2.68. The van der Waals surface area contributed by atoms with Crippen LogP contribution in [-0.2, 0) is 0 Å². The van der Waals surface area contributed by atoms with Crippen LogP contribution in [0, 0.1) is 26.9 Å². The third-order valence-corrected chi connectivity index (χ3v) is 4.78. The minimum Gasteiger partial charge on any atom is -0.364 e. The van der Waals surface area contributed by atoms with Gasteiger partial charge in [-0.3, -0.25) is 10.1 Å². The van der Waals surface area contributed by atoms with Gasteiger partial charge >= 0.3 is 5.69 Å². The van der Waals surface area contributed by atoms with Crippen molar-refractivity contribution in [1.82, 2.24) is 4.98 Å². The molecule has 1 aromatic rings. The van der Waals surface area contributed by atoms with Crippen LogP contribution in [0.3, 0.4) is 0 Å². The molecule has 1 saturated carbocycles. The molecule has 5 heteroatoms. The number of hydrogen-bond acceptors (Lipinski definition) is 4. The van der Waals surface area contributed by atoms with Gasteiger partial charge in [0.1, 0.15) is 0 Å². The summed E-state index contributed by atoms with van der Waals surface area (Å²) in [4.78, 5) is 14.5. The van der Waals surface area contributed by atoms with Crippen LogP contribution in [0.15, 0.2) is 18.3 Å². The van der Waals surface area contributed by atoms with Crippen molar-refractivity contribution >= 4 is 11.5 Å². The van der Waals surface area contributed by atoms with Gasteiger partial charge in [0.25, 0.3) is 0 Å². The van der Waals surface area contributed by atoms with Crippen LogP contribution in [0.4, 0.5) is 11.5 Å². The SMILES string of the molecule is CC1(C)C(CNc2ncccc2[N+](=O)[O-])C1(C)C. The number of nitrogens with zero attached hydrogens (tertiary/aromatic N) is 2. The zero-order valence-corrected chi connectivity index (χ0v) is 11.2. The Morgan fingerprint density at radius 3 is 2.50 bits per heavy atom. The number of nitro groups is 1. The molecule has 0 radical (unpaired) electrons. The number of anilines is 1. The third-order valence-electron chi connectivity index (χ3n) is 4.78. The Morgan fingerprint density at radius 1 is 1.39 bits per heavy atom. The number of aromatic nitrogens is 1. The Hall–Kier alpha value is -1.65. The smallest absolute Gasteiger partial charge is 0.311 e. The molecule has 0 saturated heterocycles. The molecule has 1 N–H and O–H groups in total. The van der Waals surface area contributed by atoms with E-state index in [1.54, 1.807) is 12.3 Å². The molecule has 0 atom stereocenters. The van der Waals surface area contributed by atoms with Gasteiger partial charge in [-0.1, -0.05) is 27.7 Å². The average molecular weight is 249 g/mol. The summed E-state index contributed by atoms with van der Waals surface area (Å²) in [5, 5.41) is 14.0. The fraction of sp³-hybridized carbons (Fsp3) is 0.615. The molecular weight excluding hydrogens is 230 g/mol. The number of hydrogen-bond donors (Lipinski definition) is 1. The average Bonchev–Trinajstić information content (AvgIpc) is 2.67. The van der Waals surface area contributed by atoms with Crippen molar-refractivity contribution in [1.29, 1.82) is 0 Å². The number of nitrogens with one attached hydrogen (secondary N) is 1. The van der Waals surface area contributed by atoms with Crippen molar-refractivity contribution < 1.29 is 4.92 Å². The number of rotatable bonds is 4. The van der Waals surface area contributed by atoms with Crippen molar-refractivity contribution in [2.75, 3.05) is 11.9 Å². The van der Waals surface area contributed by atoms with Crippen LogP contribution < -0.4 is 5.32 Å². The van der Waals surface area contributed by atoms with E-state index in [9.17, 15) is 10.1 Å². The third kappa shape index (κ3) is 1.83. The standard InChI is InChI=1S/C13H19N3O2/c1-12(2)10(13(12,3)4)8-15-11-9(16(17)18)6-5-7-14-11/h5-7,10H,8H2,1-4H3,(H,14,15). The Labute approximate surface area is 107 Å². The van der Waals surface area contributed by atoms with Crippen LogP contribution in [0.5, 0.6) is 0 Å². The lowest BCUT2D eigenvalue weighted by molar-refractivity contribution is -0.384. The van der Waals surface area contributed by atoms with Gasteiger partial charge in [-0.25, -0.2) is 4.98 Å². The minimum atomic E-state index is -0.404. The maximum absolute atomic E-state index is 10.9. The van der Waals surface area contributed by atoms with Gasteiger partial charge in [-0.05, 0) is 22.8 Å². The van der Waals surface area contributed by atoms with Crippen molar-refractivity contribution in [3.05, 3.63) is 28.4 Å². The highest BCUT2D eigenvalue weighted by molar-refractivity contribution is 5.55. The molecule has 5 nitrogen and oxygen atoms in total. The van der Waals surface area contributed by atoms with Crippen LogP contribution in [-0.4, -0.2) is 16.5 Å². The Kier molecular flexibility index (Phi) is 2.80. The van der Waals surface area contributed by atoms with E-state index in [4.69, 9.17) is 0 Å². The van der Waals surface area contributed by atoms with E-state index in [2.05, 4.69) is 38.0 Å². The topological polar surface area (TPSA) is 68.1 Å². The molecule has 1 aliphatic rings. The monoisotopic (exact) mass is 249 g/mol. The fourth-order valence-corrected chi connectivity index (χ4v) is 2.72. The molecule has 0 aliphatic heterocycles. The Bertz CT molecular complexity index is 469. The summed E-state index contributed by atoms with van der Waals surface area (Å²) in [6.45, 7) is 9.63.